The summed E-state index contributed by atoms with van der Waals surface area (Å²) in [7, 11) is 1.55. The number of methoxy groups -OCH3 is 1. The van der Waals surface area contributed by atoms with Gasteiger partial charge in [-0.05, 0) is 53.1 Å². The van der Waals surface area contributed by atoms with Gasteiger partial charge in [0.05, 0.1) is 7.11 Å². The van der Waals surface area contributed by atoms with Crippen LogP contribution in [0.5, 0.6) is 5.75 Å². The lowest BCUT2D eigenvalue weighted by Crippen LogP contribution is -2.56. The van der Waals surface area contributed by atoms with Crippen LogP contribution in [0.4, 0.5) is 10.8 Å². The maximum Gasteiger partial charge on any atom is 0.330 e. The number of carbonyl (C=O) groups is 3. The summed E-state index contributed by atoms with van der Waals surface area (Å²) in [5, 5.41) is 15.6. The number of aromatic nitrogens is 1. The number of rotatable bonds is 7. The van der Waals surface area contributed by atoms with Crippen LogP contribution >= 0.6 is 11.3 Å². The zero-order valence-electron chi connectivity index (χ0n) is 22.5. The van der Waals surface area contributed by atoms with Gasteiger partial charge in [-0.1, -0.05) is 46.8 Å². The third-order valence-electron chi connectivity index (χ3n) is 6.79. The predicted octanol–water partition coefficient (Wildman–Crippen LogP) is 5.77. The lowest BCUT2D eigenvalue weighted by molar-refractivity contribution is -0.143. The first-order chi connectivity index (χ1) is 17.9. The average Bonchev–Trinajstić information content (AvgIpc) is 3.47. The third-order valence-corrected chi connectivity index (χ3v) is 7.48. The number of amides is 2. The quantitative estimate of drug-likeness (QED) is 0.397. The molecule has 0 saturated heterocycles. The van der Waals surface area contributed by atoms with Crippen molar-refractivity contribution in [1.29, 1.82) is 0 Å². The maximum absolute atomic E-state index is 14.2. The van der Waals surface area contributed by atoms with E-state index in [2.05, 4.69) is 31.1 Å². The van der Waals surface area contributed by atoms with Gasteiger partial charge < -0.3 is 9.84 Å². The number of hydrogen-bond donors (Lipinski definition) is 2. The first kappa shape index (κ1) is 27.3. The second-order valence-electron chi connectivity index (χ2n) is 11.0. The molecule has 0 fully saturated rings. The smallest absolute Gasteiger partial charge is 0.330 e. The fourth-order valence-electron chi connectivity index (χ4n) is 5.21. The van der Waals surface area contributed by atoms with Gasteiger partial charge in [0.25, 0.3) is 11.8 Å². The third kappa shape index (κ3) is 4.90. The number of ether oxygens (including phenoxy) is 1. The lowest BCUT2D eigenvalue weighted by atomic mass is 9.83. The van der Waals surface area contributed by atoms with Gasteiger partial charge in [-0.3, -0.25) is 19.8 Å². The summed E-state index contributed by atoms with van der Waals surface area (Å²) < 4.78 is 5.61. The van der Waals surface area contributed by atoms with Crippen LogP contribution in [0.3, 0.4) is 0 Å². The number of aliphatic carboxylic acids is 1. The molecule has 0 aliphatic carbocycles. The van der Waals surface area contributed by atoms with E-state index in [4.69, 9.17) is 4.74 Å². The second kappa shape index (κ2) is 10.2. The summed E-state index contributed by atoms with van der Waals surface area (Å²) in [5.41, 5.74) is 0.750. The minimum Gasteiger partial charge on any atom is -0.496 e. The van der Waals surface area contributed by atoms with Crippen molar-refractivity contribution in [3.63, 3.8) is 0 Å². The van der Waals surface area contributed by atoms with Crippen LogP contribution in [0.15, 0.2) is 48.0 Å². The molecule has 4 rings (SSSR count). The Labute approximate surface area is 226 Å². The molecule has 2 heterocycles. The Bertz CT molecular complexity index is 1380. The van der Waals surface area contributed by atoms with Crippen LogP contribution in [0.25, 0.3) is 0 Å². The molecule has 1 unspecified atom stereocenters. The Balaban J connectivity index is 1.86. The number of nitrogens with zero attached hydrogens (tertiary/aromatic N) is 2. The number of nitrogens with one attached hydrogen (secondary N) is 1. The highest BCUT2D eigenvalue weighted by Crippen LogP contribution is 2.45. The van der Waals surface area contributed by atoms with Crippen molar-refractivity contribution in [1.82, 2.24) is 4.98 Å². The Hall–Kier alpha value is -3.72. The summed E-state index contributed by atoms with van der Waals surface area (Å²) in [6, 6.07) is 10.3. The Kier molecular flexibility index (Phi) is 7.34. The van der Waals surface area contributed by atoms with Crippen LogP contribution in [-0.2, 0) is 16.6 Å². The van der Waals surface area contributed by atoms with Crippen molar-refractivity contribution in [2.75, 3.05) is 17.3 Å². The average molecular weight is 536 g/mol. The highest BCUT2D eigenvalue weighted by atomic mass is 32.1. The number of fused-ring (bicyclic) bond motifs is 1. The molecule has 8 nitrogen and oxygen atoms in total. The van der Waals surface area contributed by atoms with Crippen LogP contribution in [0.1, 0.15) is 72.9 Å². The van der Waals surface area contributed by atoms with E-state index in [1.165, 1.54) is 16.2 Å². The number of carboxylic acid groups (broad SMARTS) is 1. The van der Waals surface area contributed by atoms with Crippen molar-refractivity contribution >= 4 is 39.9 Å². The number of thiazole rings is 1. The number of carbonyl (C=O) groups excluding carboxylic acids is 2. The van der Waals surface area contributed by atoms with Crippen molar-refractivity contribution in [3.05, 3.63) is 70.2 Å². The van der Waals surface area contributed by atoms with E-state index in [0.29, 0.717) is 33.3 Å². The van der Waals surface area contributed by atoms with Gasteiger partial charge in [0, 0.05) is 34.8 Å². The van der Waals surface area contributed by atoms with E-state index in [1.54, 1.807) is 49.0 Å². The maximum atomic E-state index is 14.2. The number of hydrogen-bond acceptors (Lipinski definition) is 6. The number of carboxylic acids is 1. The monoisotopic (exact) mass is 535 g/mol. The predicted molar refractivity (Wildman–Crippen MR) is 149 cm³/mol. The first-order valence-corrected chi connectivity index (χ1v) is 13.4. The largest absolute Gasteiger partial charge is 0.496 e. The molecule has 2 aromatic carbocycles. The highest BCUT2D eigenvalue weighted by molar-refractivity contribution is 7.13. The van der Waals surface area contributed by atoms with Crippen LogP contribution < -0.4 is 15.0 Å². The van der Waals surface area contributed by atoms with Crippen molar-refractivity contribution in [3.8, 4) is 5.75 Å². The molecule has 9 heteroatoms. The molecule has 2 N–H and O–H groups in total. The molecule has 1 atom stereocenters. The van der Waals surface area contributed by atoms with Gasteiger partial charge in [0.15, 0.2) is 5.13 Å². The molecule has 3 aromatic rings. The van der Waals surface area contributed by atoms with Gasteiger partial charge in [0.1, 0.15) is 11.3 Å². The van der Waals surface area contributed by atoms with E-state index in [0.717, 1.165) is 5.56 Å². The van der Waals surface area contributed by atoms with E-state index in [-0.39, 0.29) is 24.2 Å². The molecule has 0 spiro atoms. The molecular weight excluding hydrogens is 502 g/mol. The van der Waals surface area contributed by atoms with E-state index >= 15 is 0 Å². The number of benzene rings is 2. The minimum absolute atomic E-state index is 0.0141. The minimum atomic E-state index is -1.55. The molecule has 1 aliphatic rings. The molecule has 1 aliphatic heterocycles. The van der Waals surface area contributed by atoms with Gasteiger partial charge in [-0.25, -0.2) is 9.78 Å². The SMILES string of the molecule is COc1cc(C(=O)N2c3cccc(C(=O)Nc4nccs4)c3CC2(CC(C)C)C(=O)O)ccc1C(C)(C)C. The highest BCUT2D eigenvalue weighted by Gasteiger charge is 2.54. The summed E-state index contributed by atoms with van der Waals surface area (Å²) in [4.78, 5) is 45.9. The molecule has 2 amide bonds. The summed E-state index contributed by atoms with van der Waals surface area (Å²) in [5.74, 6) is -1.43. The van der Waals surface area contributed by atoms with Crippen molar-refractivity contribution in [2.24, 2.45) is 5.92 Å². The van der Waals surface area contributed by atoms with Crippen LogP contribution in [-0.4, -0.2) is 40.5 Å². The zero-order valence-corrected chi connectivity index (χ0v) is 23.3. The molecule has 200 valence electrons. The van der Waals surface area contributed by atoms with Crippen molar-refractivity contribution < 1.29 is 24.2 Å². The molecule has 0 bridgehead atoms. The fraction of sp³-hybridized carbons (Fsp3) is 0.379. The zero-order chi connectivity index (χ0) is 27.8. The van der Waals surface area contributed by atoms with Crippen molar-refractivity contribution in [2.45, 2.75) is 58.4 Å². The lowest BCUT2D eigenvalue weighted by Gasteiger charge is -2.36. The summed E-state index contributed by atoms with van der Waals surface area (Å²) >= 11 is 1.29. The van der Waals surface area contributed by atoms with E-state index in [1.807, 2.05) is 19.9 Å². The topological polar surface area (TPSA) is 109 Å². The number of anilines is 2. The Morgan fingerprint density at radius 1 is 1.21 bits per heavy atom. The Morgan fingerprint density at radius 3 is 2.53 bits per heavy atom. The van der Waals surface area contributed by atoms with Crippen LogP contribution in [0, 0.1) is 5.92 Å². The first-order valence-electron chi connectivity index (χ1n) is 12.5. The van der Waals surface area contributed by atoms with E-state index in [9.17, 15) is 19.5 Å². The Morgan fingerprint density at radius 2 is 1.95 bits per heavy atom. The van der Waals surface area contributed by atoms with Gasteiger partial charge in [0.2, 0.25) is 0 Å². The second-order valence-corrected chi connectivity index (χ2v) is 11.9. The molecule has 38 heavy (non-hydrogen) atoms. The molecule has 0 radical (unpaired) electrons. The normalized spacial score (nSPS) is 16.9. The van der Waals surface area contributed by atoms with Gasteiger partial charge in [-0.15, -0.1) is 11.3 Å². The standard InChI is InChI=1S/C29H33N3O5S/c1-17(2)15-29(26(35)36)16-20-19(24(33)31-27-30-12-13-38-27)8-7-9-22(20)32(29)25(34)18-10-11-21(28(3,4)5)23(14-18)37-6/h7-14,17H,15-16H2,1-6H3,(H,35,36)(H,30,31,33). The van der Waals surface area contributed by atoms with Crippen LogP contribution in [0.2, 0.25) is 0 Å². The molecule has 1 aromatic heterocycles. The van der Waals surface area contributed by atoms with Gasteiger partial charge >= 0.3 is 5.97 Å². The summed E-state index contributed by atoms with van der Waals surface area (Å²) in [6.45, 7) is 10.0. The van der Waals surface area contributed by atoms with Gasteiger partial charge in [-0.2, -0.15) is 0 Å². The molecule has 0 saturated carbocycles. The van der Waals surface area contributed by atoms with E-state index < -0.39 is 23.3 Å². The summed E-state index contributed by atoms with van der Waals surface area (Å²) in [6.07, 6.45) is 1.82. The fourth-order valence-corrected chi connectivity index (χ4v) is 5.73. The molecular formula is C29H33N3O5S.